The highest BCUT2D eigenvalue weighted by Crippen LogP contribution is 2.28. The van der Waals surface area contributed by atoms with Crippen molar-refractivity contribution in [2.24, 2.45) is 13.0 Å². The molecule has 1 heterocycles. The van der Waals surface area contributed by atoms with Gasteiger partial charge in [0.05, 0.1) is 6.42 Å². The number of imidazole rings is 1. The first-order valence-corrected chi connectivity index (χ1v) is 6.23. The molecule has 1 aliphatic rings. The molecule has 0 unspecified atom stereocenters. The maximum absolute atomic E-state index is 11.8. The summed E-state index contributed by atoms with van der Waals surface area (Å²) in [6.07, 6.45) is 11.3. The van der Waals surface area contributed by atoms with E-state index in [1.165, 1.54) is 25.7 Å². The van der Waals surface area contributed by atoms with Crippen molar-refractivity contribution in [1.29, 1.82) is 0 Å². The highest BCUT2D eigenvalue weighted by atomic mass is 16.1. The van der Waals surface area contributed by atoms with Crippen molar-refractivity contribution in [3.63, 3.8) is 0 Å². The van der Waals surface area contributed by atoms with Gasteiger partial charge in [-0.25, -0.2) is 4.98 Å². The minimum atomic E-state index is 0.334. The number of aryl methyl sites for hydroxylation is 1. The Labute approximate surface area is 96.9 Å². The molecule has 1 aromatic heterocycles. The zero-order valence-corrected chi connectivity index (χ0v) is 9.98. The SMILES string of the molecule is Cn1ccnc1CC(=O)CCC1CCCC1. The summed E-state index contributed by atoms with van der Waals surface area (Å²) in [5, 5.41) is 0. The predicted molar refractivity (Wildman–Crippen MR) is 63.1 cm³/mol. The average molecular weight is 220 g/mol. The maximum atomic E-state index is 11.8. The van der Waals surface area contributed by atoms with Gasteiger partial charge in [0, 0.05) is 25.9 Å². The van der Waals surface area contributed by atoms with Gasteiger partial charge in [0.25, 0.3) is 0 Å². The first-order chi connectivity index (χ1) is 7.75. The Kier molecular flexibility index (Phi) is 3.75. The molecule has 1 saturated carbocycles. The highest BCUT2D eigenvalue weighted by Gasteiger charge is 2.16. The second-order valence-corrected chi connectivity index (χ2v) is 4.86. The van der Waals surface area contributed by atoms with Gasteiger partial charge in [-0.1, -0.05) is 25.7 Å². The van der Waals surface area contributed by atoms with Crippen molar-refractivity contribution in [3.05, 3.63) is 18.2 Å². The molecule has 0 radical (unpaired) electrons. The van der Waals surface area contributed by atoms with Gasteiger partial charge in [-0.2, -0.15) is 0 Å². The van der Waals surface area contributed by atoms with Crippen LogP contribution in [0.4, 0.5) is 0 Å². The smallest absolute Gasteiger partial charge is 0.140 e. The van der Waals surface area contributed by atoms with Crippen molar-refractivity contribution in [2.45, 2.75) is 44.9 Å². The van der Waals surface area contributed by atoms with Crippen molar-refractivity contribution < 1.29 is 4.79 Å². The average Bonchev–Trinajstić information content (AvgIpc) is 2.88. The first kappa shape index (κ1) is 11.4. The van der Waals surface area contributed by atoms with Crippen LogP contribution in [0.25, 0.3) is 0 Å². The largest absolute Gasteiger partial charge is 0.338 e. The fourth-order valence-corrected chi connectivity index (χ4v) is 2.50. The predicted octanol–water partition coefficient (Wildman–Crippen LogP) is 2.50. The molecule has 3 heteroatoms. The maximum Gasteiger partial charge on any atom is 0.140 e. The minimum Gasteiger partial charge on any atom is -0.338 e. The van der Waals surface area contributed by atoms with E-state index >= 15 is 0 Å². The van der Waals surface area contributed by atoms with Crippen molar-refractivity contribution in [1.82, 2.24) is 9.55 Å². The molecular formula is C13H20N2O. The normalized spacial score (nSPS) is 16.8. The summed E-state index contributed by atoms with van der Waals surface area (Å²) in [4.78, 5) is 15.9. The van der Waals surface area contributed by atoms with Crippen LogP contribution in [0.5, 0.6) is 0 Å². The fourth-order valence-electron chi connectivity index (χ4n) is 2.50. The number of rotatable bonds is 5. The number of ketones is 1. The molecule has 0 spiro atoms. The van der Waals surface area contributed by atoms with E-state index < -0.39 is 0 Å². The van der Waals surface area contributed by atoms with Crippen LogP contribution in [-0.2, 0) is 18.3 Å². The molecule has 0 saturated heterocycles. The molecule has 1 aromatic rings. The van der Waals surface area contributed by atoms with Crippen molar-refractivity contribution >= 4 is 5.78 Å². The van der Waals surface area contributed by atoms with E-state index in [-0.39, 0.29) is 0 Å². The molecule has 0 N–H and O–H groups in total. The van der Waals surface area contributed by atoms with E-state index in [1.54, 1.807) is 6.20 Å². The van der Waals surface area contributed by atoms with Crippen LogP contribution in [0.1, 0.15) is 44.3 Å². The second-order valence-electron chi connectivity index (χ2n) is 4.86. The number of hydrogen-bond acceptors (Lipinski definition) is 2. The Balaban J connectivity index is 1.74. The van der Waals surface area contributed by atoms with Gasteiger partial charge in [0.15, 0.2) is 0 Å². The Hall–Kier alpha value is -1.12. The Morgan fingerprint density at radius 2 is 2.25 bits per heavy atom. The molecule has 88 valence electrons. The third-order valence-corrected chi connectivity index (χ3v) is 3.58. The molecular weight excluding hydrogens is 200 g/mol. The van der Waals surface area contributed by atoms with Gasteiger partial charge in [0.2, 0.25) is 0 Å². The van der Waals surface area contributed by atoms with E-state index in [4.69, 9.17) is 0 Å². The minimum absolute atomic E-state index is 0.334. The van der Waals surface area contributed by atoms with E-state index in [2.05, 4.69) is 4.98 Å². The lowest BCUT2D eigenvalue weighted by Gasteiger charge is -2.07. The molecule has 0 aliphatic heterocycles. The van der Waals surface area contributed by atoms with Crippen molar-refractivity contribution in [2.75, 3.05) is 0 Å². The summed E-state index contributed by atoms with van der Waals surface area (Å²) >= 11 is 0. The molecule has 1 aliphatic carbocycles. The molecule has 0 aromatic carbocycles. The van der Waals surface area contributed by atoms with Crippen LogP contribution in [0.15, 0.2) is 12.4 Å². The summed E-state index contributed by atoms with van der Waals surface area (Å²) < 4.78 is 1.92. The zero-order valence-electron chi connectivity index (χ0n) is 9.98. The summed E-state index contributed by atoms with van der Waals surface area (Å²) in [6.45, 7) is 0. The molecule has 1 fully saturated rings. The van der Waals surface area contributed by atoms with Crippen molar-refractivity contribution in [3.8, 4) is 0 Å². The van der Waals surface area contributed by atoms with Gasteiger partial charge >= 0.3 is 0 Å². The van der Waals surface area contributed by atoms with Gasteiger partial charge in [-0.3, -0.25) is 4.79 Å². The van der Waals surface area contributed by atoms with Gasteiger partial charge < -0.3 is 4.57 Å². The number of Topliss-reactive ketones (excluding diaryl/α,β-unsaturated/α-hetero) is 1. The third-order valence-electron chi connectivity index (χ3n) is 3.58. The van der Waals surface area contributed by atoms with Crippen LogP contribution in [-0.4, -0.2) is 15.3 Å². The topological polar surface area (TPSA) is 34.9 Å². The summed E-state index contributed by atoms with van der Waals surface area (Å²) in [5.41, 5.74) is 0. The van der Waals surface area contributed by atoms with E-state index in [0.717, 1.165) is 24.6 Å². The van der Waals surface area contributed by atoms with Crippen LogP contribution >= 0.6 is 0 Å². The Morgan fingerprint density at radius 1 is 1.50 bits per heavy atom. The fraction of sp³-hybridized carbons (Fsp3) is 0.692. The quantitative estimate of drug-likeness (QED) is 0.764. The standard InChI is InChI=1S/C13H20N2O/c1-15-9-8-14-13(15)10-12(16)7-6-11-4-2-3-5-11/h8-9,11H,2-7,10H2,1H3. The number of carbonyl (C=O) groups is 1. The Morgan fingerprint density at radius 3 is 2.88 bits per heavy atom. The molecule has 2 rings (SSSR count). The van der Waals surface area contributed by atoms with Crippen LogP contribution in [0.2, 0.25) is 0 Å². The third kappa shape index (κ3) is 2.94. The summed E-state index contributed by atoms with van der Waals surface area (Å²) in [6, 6.07) is 0. The number of carbonyl (C=O) groups excluding carboxylic acids is 1. The van der Waals surface area contributed by atoms with Gasteiger partial charge in [0.1, 0.15) is 11.6 Å². The molecule has 0 amide bonds. The number of aromatic nitrogens is 2. The number of hydrogen-bond donors (Lipinski definition) is 0. The van der Waals surface area contributed by atoms with E-state index in [1.807, 2.05) is 17.8 Å². The lowest BCUT2D eigenvalue weighted by Crippen LogP contribution is -2.09. The van der Waals surface area contributed by atoms with E-state index in [9.17, 15) is 4.79 Å². The van der Waals surface area contributed by atoms with Gasteiger partial charge in [-0.15, -0.1) is 0 Å². The lowest BCUT2D eigenvalue weighted by atomic mass is 9.99. The Bertz CT molecular complexity index is 351. The van der Waals surface area contributed by atoms with Crippen LogP contribution in [0, 0.1) is 5.92 Å². The van der Waals surface area contributed by atoms with Gasteiger partial charge in [-0.05, 0) is 12.3 Å². The molecule has 16 heavy (non-hydrogen) atoms. The monoisotopic (exact) mass is 220 g/mol. The molecule has 0 bridgehead atoms. The molecule has 0 atom stereocenters. The summed E-state index contributed by atoms with van der Waals surface area (Å²) in [7, 11) is 1.94. The highest BCUT2D eigenvalue weighted by molar-refractivity contribution is 5.80. The number of nitrogens with zero attached hydrogens (tertiary/aromatic N) is 2. The lowest BCUT2D eigenvalue weighted by molar-refractivity contribution is -0.118. The summed E-state index contributed by atoms with van der Waals surface area (Å²) in [5.74, 6) is 2.03. The van der Waals surface area contributed by atoms with Crippen LogP contribution < -0.4 is 0 Å². The van der Waals surface area contributed by atoms with Crippen LogP contribution in [0.3, 0.4) is 0 Å². The zero-order chi connectivity index (χ0) is 11.4. The second kappa shape index (κ2) is 5.28. The van der Waals surface area contributed by atoms with E-state index in [0.29, 0.717) is 12.2 Å². The first-order valence-electron chi connectivity index (χ1n) is 6.23. The molecule has 3 nitrogen and oxygen atoms in total.